The second kappa shape index (κ2) is 6.16. The highest BCUT2D eigenvalue weighted by Crippen LogP contribution is 2.39. The van der Waals surface area contributed by atoms with Crippen LogP contribution in [0.4, 0.5) is 5.69 Å². The molecule has 3 nitrogen and oxygen atoms in total. The summed E-state index contributed by atoms with van der Waals surface area (Å²) in [6.07, 6.45) is 6.38. The molecule has 1 aliphatic rings. The molecule has 1 aliphatic heterocycles. The Bertz CT molecular complexity index is 885. The monoisotopic (exact) mass is 331 g/mol. The molecule has 0 spiro atoms. The van der Waals surface area contributed by atoms with Crippen molar-refractivity contribution in [3.63, 3.8) is 0 Å². The molecule has 0 amide bonds. The van der Waals surface area contributed by atoms with Crippen LogP contribution in [0.3, 0.4) is 0 Å². The Balaban J connectivity index is 1.87. The van der Waals surface area contributed by atoms with Crippen molar-refractivity contribution in [1.29, 1.82) is 0 Å². The Morgan fingerprint density at radius 1 is 0.960 bits per heavy atom. The molecule has 1 fully saturated rings. The lowest BCUT2D eigenvalue weighted by molar-refractivity contribution is 0.554. The lowest BCUT2D eigenvalue weighted by Gasteiger charge is -2.24. The smallest absolute Gasteiger partial charge is 0.0526 e. The fourth-order valence-electron chi connectivity index (χ4n) is 3.75. The first-order valence-corrected chi connectivity index (χ1v) is 9.05. The van der Waals surface area contributed by atoms with Crippen LogP contribution in [-0.2, 0) is 5.54 Å². The van der Waals surface area contributed by atoms with Gasteiger partial charge < -0.3 is 10.6 Å². The van der Waals surface area contributed by atoms with Gasteiger partial charge in [0.05, 0.1) is 5.69 Å². The fourth-order valence-corrected chi connectivity index (χ4v) is 3.75. The maximum atomic E-state index is 6.23. The minimum absolute atomic E-state index is 0.314. The van der Waals surface area contributed by atoms with Crippen LogP contribution in [0.2, 0.25) is 0 Å². The minimum Gasteiger partial charge on any atom is -0.371 e. The van der Waals surface area contributed by atoms with E-state index in [4.69, 9.17) is 5.73 Å². The van der Waals surface area contributed by atoms with Gasteiger partial charge in [-0.15, -0.1) is 0 Å². The number of pyridine rings is 1. The summed E-state index contributed by atoms with van der Waals surface area (Å²) < 4.78 is 0. The maximum absolute atomic E-state index is 6.23. The lowest BCUT2D eigenvalue weighted by Crippen LogP contribution is -2.28. The predicted molar refractivity (Wildman–Crippen MR) is 106 cm³/mol. The van der Waals surface area contributed by atoms with Crippen LogP contribution >= 0.6 is 0 Å². The molecule has 2 N–H and O–H groups in total. The molecule has 2 aromatic carbocycles. The molecule has 0 bridgehead atoms. The molecule has 0 unspecified atom stereocenters. The Labute approximate surface area is 149 Å². The summed E-state index contributed by atoms with van der Waals surface area (Å²) in [5, 5.41) is 2.49. The van der Waals surface area contributed by atoms with Crippen molar-refractivity contribution in [2.24, 2.45) is 5.73 Å². The van der Waals surface area contributed by atoms with Crippen molar-refractivity contribution in [3.8, 4) is 11.1 Å². The standard InChI is InChI=1S/C22H25N3/c1-22(2,23)18-8-5-16(6-9-18)19-10-7-17-15-24-12-11-20(17)21(19)25-13-3-4-14-25/h5-12,15H,3-4,13-14,23H2,1-2H3. The molecule has 0 aliphatic carbocycles. The molecule has 4 rings (SSSR count). The molecular weight excluding hydrogens is 306 g/mol. The van der Waals surface area contributed by atoms with Crippen molar-refractivity contribution in [2.45, 2.75) is 32.2 Å². The van der Waals surface area contributed by atoms with E-state index in [2.05, 4.69) is 52.3 Å². The van der Waals surface area contributed by atoms with Gasteiger partial charge in [0.2, 0.25) is 0 Å². The Kier molecular flexibility index (Phi) is 3.97. The van der Waals surface area contributed by atoms with Crippen LogP contribution in [0.25, 0.3) is 21.9 Å². The largest absolute Gasteiger partial charge is 0.371 e. The highest BCUT2D eigenvalue weighted by molar-refractivity contribution is 6.01. The zero-order valence-electron chi connectivity index (χ0n) is 15.0. The average molecular weight is 331 g/mol. The maximum Gasteiger partial charge on any atom is 0.0526 e. The summed E-state index contributed by atoms with van der Waals surface area (Å²) in [7, 11) is 0. The molecule has 0 atom stereocenters. The number of nitrogens with zero attached hydrogens (tertiary/aromatic N) is 2. The Hall–Kier alpha value is -2.39. The molecule has 1 aromatic heterocycles. The quantitative estimate of drug-likeness (QED) is 0.756. The van der Waals surface area contributed by atoms with Crippen LogP contribution in [-0.4, -0.2) is 18.1 Å². The van der Waals surface area contributed by atoms with Gasteiger partial charge >= 0.3 is 0 Å². The summed E-state index contributed by atoms with van der Waals surface area (Å²) in [6, 6.07) is 15.3. The van der Waals surface area contributed by atoms with Gasteiger partial charge in [0.25, 0.3) is 0 Å². The topological polar surface area (TPSA) is 42.1 Å². The Morgan fingerprint density at radius 3 is 2.36 bits per heavy atom. The van der Waals surface area contributed by atoms with Gasteiger partial charge in [0.15, 0.2) is 0 Å². The van der Waals surface area contributed by atoms with Crippen LogP contribution in [0, 0.1) is 0 Å². The van der Waals surface area contributed by atoms with E-state index in [-0.39, 0.29) is 5.54 Å². The van der Waals surface area contributed by atoms with E-state index in [0.29, 0.717) is 0 Å². The second-order valence-corrected chi connectivity index (χ2v) is 7.55. The number of aromatic nitrogens is 1. The minimum atomic E-state index is -0.314. The molecule has 3 aromatic rings. The van der Waals surface area contributed by atoms with Crippen LogP contribution in [0.5, 0.6) is 0 Å². The molecule has 25 heavy (non-hydrogen) atoms. The molecule has 0 radical (unpaired) electrons. The normalized spacial score (nSPS) is 15.1. The average Bonchev–Trinajstić information content (AvgIpc) is 3.14. The van der Waals surface area contributed by atoms with E-state index >= 15 is 0 Å². The van der Waals surface area contributed by atoms with E-state index in [1.54, 1.807) is 0 Å². The summed E-state index contributed by atoms with van der Waals surface area (Å²) in [6.45, 7) is 6.34. The van der Waals surface area contributed by atoms with Crippen LogP contribution in [0.1, 0.15) is 32.3 Å². The van der Waals surface area contributed by atoms with E-state index in [1.165, 1.54) is 40.4 Å². The van der Waals surface area contributed by atoms with Gasteiger partial charge in [-0.2, -0.15) is 0 Å². The molecule has 128 valence electrons. The number of hydrogen-bond acceptors (Lipinski definition) is 3. The number of benzene rings is 2. The first-order valence-electron chi connectivity index (χ1n) is 9.05. The number of fused-ring (bicyclic) bond motifs is 1. The molecule has 1 saturated heterocycles. The highest BCUT2D eigenvalue weighted by Gasteiger charge is 2.20. The van der Waals surface area contributed by atoms with Gasteiger partial charge in [-0.3, -0.25) is 4.98 Å². The SMILES string of the molecule is CC(C)(N)c1ccc(-c2ccc3cnccc3c2N2CCCC2)cc1. The van der Waals surface area contributed by atoms with E-state index in [9.17, 15) is 0 Å². The van der Waals surface area contributed by atoms with Gasteiger partial charge in [0, 0.05) is 47.4 Å². The van der Waals surface area contributed by atoms with Crippen molar-refractivity contribution in [1.82, 2.24) is 4.98 Å². The van der Waals surface area contributed by atoms with E-state index < -0.39 is 0 Å². The first-order chi connectivity index (χ1) is 12.0. The third-order valence-corrected chi connectivity index (χ3v) is 5.15. The third kappa shape index (κ3) is 3.00. The van der Waals surface area contributed by atoms with Crippen molar-refractivity contribution in [2.75, 3.05) is 18.0 Å². The lowest BCUT2D eigenvalue weighted by atomic mass is 9.92. The van der Waals surface area contributed by atoms with E-state index in [0.717, 1.165) is 18.7 Å². The second-order valence-electron chi connectivity index (χ2n) is 7.55. The zero-order chi connectivity index (χ0) is 17.4. The molecular formula is C22H25N3. The third-order valence-electron chi connectivity index (χ3n) is 5.15. The van der Waals surface area contributed by atoms with Crippen molar-refractivity contribution >= 4 is 16.5 Å². The zero-order valence-corrected chi connectivity index (χ0v) is 15.0. The number of anilines is 1. The molecule has 0 saturated carbocycles. The van der Waals surface area contributed by atoms with Gasteiger partial charge in [-0.05, 0) is 43.9 Å². The molecule has 2 heterocycles. The van der Waals surface area contributed by atoms with Crippen molar-refractivity contribution in [3.05, 3.63) is 60.4 Å². The number of hydrogen-bond donors (Lipinski definition) is 1. The van der Waals surface area contributed by atoms with Crippen LogP contribution in [0.15, 0.2) is 54.9 Å². The number of rotatable bonds is 3. The van der Waals surface area contributed by atoms with E-state index in [1.807, 2.05) is 26.2 Å². The Morgan fingerprint density at radius 2 is 1.68 bits per heavy atom. The van der Waals surface area contributed by atoms with Gasteiger partial charge in [0.1, 0.15) is 0 Å². The van der Waals surface area contributed by atoms with Crippen LogP contribution < -0.4 is 10.6 Å². The van der Waals surface area contributed by atoms with Crippen molar-refractivity contribution < 1.29 is 0 Å². The molecule has 3 heteroatoms. The van der Waals surface area contributed by atoms with Gasteiger partial charge in [-0.1, -0.05) is 36.4 Å². The fraction of sp³-hybridized carbons (Fsp3) is 0.318. The summed E-state index contributed by atoms with van der Waals surface area (Å²) in [5.74, 6) is 0. The summed E-state index contributed by atoms with van der Waals surface area (Å²) >= 11 is 0. The predicted octanol–water partition coefficient (Wildman–Crippen LogP) is 4.70. The summed E-state index contributed by atoms with van der Waals surface area (Å²) in [4.78, 5) is 6.82. The van der Waals surface area contributed by atoms with Gasteiger partial charge in [-0.25, -0.2) is 0 Å². The number of nitrogens with two attached hydrogens (primary N) is 1. The highest BCUT2D eigenvalue weighted by atomic mass is 15.1. The first kappa shape index (κ1) is 16.1. The summed E-state index contributed by atoms with van der Waals surface area (Å²) in [5.41, 5.74) is 11.0.